The number of benzene rings is 3. The monoisotopic (exact) mass is 344 g/mol. The van der Waals surface area contributed by atoms with E-state index in [1.54, 1.807) is 6.07 Å². The van der Waals surface area contributed by atoms with Crippen molar-refractivity contribution in [2.45, 2.75) is 0 Å². The SMILES string of the molecule is O=[N+]([O-])c1ccc(-c2cc(-c3ccc4ccccc4c3)cnc2F)cc1. The third-order valence-corrected chi connectivity index (χ3v) is 4.31. The van der Waals surface area contributed by atoms with E-state index in [1.165, 1.54) is 30.5 Å². The minimum atomic E-state index is -0.608. The highest BCUT2D eigenvalue weighted by atomic mass is 19.1. The van der Waals surface area contributed by atoms with Crippen LogP contribution in [0.3, 0.4) is 0 Å². The predicted octanol–water partition coefficient (Wildman–Crippen LogP) is 5.62. The van der Waals surface area contributed by atoms with E-state index < -0.39 is 10.9 Å². The maximum Gasteiger partial charge on any atom is 0.269 e. The number of pyridine rings is 1. The fourth-order valence-electron chi connectivity index (χ4n) is 2.94. The minimum absolute atomic E-state index is 0.0344. The van der Waals surface area contributed by atoms with Gasteiger partial charge in [-0.1, -0.05) is 36.4 Å². The van der Waals surface area contributed by atoms with E-state index in [-0.39, 0.29) is 5.69 Å². The first-order valence-corrected chi connectivity index (χ1v) is 8.01. The van der Waals surface area contributed by atoms with Crippen LogP contribution in [-0.2, 0) is 0 Å². The molecule has 5 heteroatoms. The van der Waals surface area contributed by atoms with Gasteiger partial charge in [-0.25, -0.2) is 4.98 Å². The molecule has 0 saturated carbocycles. The summed E-state index contributed by atoms with van der Waals surface area (Å²) in [5.74, 6) is -0.608. The molecule has 0 atom stereocenters. The molecule has 0 fully saturated rings. The standard InChI is InChI=1S/C21H13FN2O2/c22-21-20(15-7-9-19(10-8-15)24(25)26)12-18(13-23-21)17-6-5-14-3-1-2-4-16(14)11-17/h1-13H. The van der Waals surface area contributed by atoms with Crippen LogP contribution < -0.4 is 0 Å². The molecule has 126 valence electrons. The van der Waals surface area contributed by atoms with Crippen LogP contribution in [0.25, 0.3) is 33.0 Å². The van der Waals surface area contributed by atoms with E-state index in [9.17, 15) is 14.5 Å². The van der Waals surface area contributed by atoms with Gasteiger partial charge in [-0.2, -0.15) is 4.39 Å². The summed E-state index contributed by atoms with van der Waals surface area (Å²) in [6.07, 6.45) is 1.49. The molecule has 0 amide bonds. The average Bonchev–Trinajstić information content (AvgIpc) is 2.68. The molecular weight excluding hydrogens is 331 g/mol. The zero-order valence-corrected chi connectivity index (χ0v) is 13.6. The fourth-order valence-corrected chi connectivity index (χ4v) is 2.94. The van der Waals surface area contributed by atoms with Crippen LogP contribution in [0.5, 0.6) is 0 Å². The molecule has 0 unspecified atom stereocenters. The number of aromatic nitrogens is 1. The van der Waals surface area contributed by atoms with E-state index in [4.69, 9.17) is 0 Å². The summed E-state index contributed by atoms with van der Waals surface area (Å²) in [5.41, 5.74) is 2.53. The van der Waals surface area contributed by atoms with Gasteiger partial charge in [0.25, 0.3) is 5.69 Å². The number of non-ortho nitro benzene ring substituents is 1. The lowest BCUT2D eigenvalue weighted by Crippen LogP contribution is -1.92. The van der Waals surface area contributed by atoms with Crippen molar-refractivity contribution < 1.29 is 9.31 Å². The zero-order chi connectivity index (χ0) is 18.1. The van der Waals surface area contributed by atoms with E-state index in [0.29, 0.717) is 11.1 Å². The van der Waals surface area contributed by atoms with Crippen LogP contribution >= 0.6 is 0 Å². The molecule has 0 saturated heterocycles. The largest absolute Gasteiger partial charge is 0.269 e. The second-order valence-corrected chi connectivity index (χ2v) is 5.93. The first kappa shape index (κ1) is 15.9. The molecule has 0 aliphatic heterocycles. The van der Waals surface area contributed by atoms with E-state index in [2.05, 4.69) is 4.98 Å². The molecule has 0 radical (unpaired) electrons. The van der Waals surface area contributed by atoms with Crippen molar-refractivity contribution >= 4 is 16.5 Å². The van der Waals surface area contributed by atoms with Gasteiger partial charge in [-0.3, -0.25) is 10.1 Å². The molecule has 0 spiro atoms. The van der Waals surface area contributed by atoms with Crippen molar-refractivity contribution in [3.8, 4) is 22.3 Å². The van der Waals surface area contributed by atoms with Gasteiger partial charge in [0, 0.05) is 29.5 Å². The summed E-state index contributed by atoms with van der Waals surface area (Å²) >= 11 is 0. The molecule has 4 aromatic rings. The minimum Gasteiger partial charge on any atom is -0.258 e. The Bertz CT molecular complexity index is 1120. The lowest BCUT2D eigenvalue weighted by Gasteiger charge is -2.08. The Morgan fingerprint density at radius 1 is 0.808 bits per heavy atom. The van der Waals surface area contributed by atoms with Crippen molar-refractivity contribution in [1.29, 1.82) is 0 Å². The van der Waals surface area contributed by atoms with Crippen LogP contribution in [0.1, 0.15) is 0 Å². The highest BCUT2D eigenvalue weighted by Gasteiger charge is 2.11. The summed E-state index contributed by atoms with van der Waals surface area (Å²) in [5, 5.41) is 13.0. The summed E-state index contributed by atoms with van der Waals surface area (Å²) in [7, 11) is 0. The summed E-state index contributed by atoms with van der Waals surface area (Å²) in [4.78, 5) is 14.2. The second kappa shape index (κ2) is 6.37. The normalized spacial score (nSPS) is 10.8. The van der Waals surface area contributed by atoms with Gasteiger partial charge < -0.3 is 0 Å². The number of halogens is 1. The molecule has 4 rings (SSSR count). The van der Waals surface area contributed by atoms with Crippen molar-refractivity contribution in [3.05, 3.63) is 95.1 Å². The van der Waals surface area contributed by atoms with Gasteiger partial charge in [-0.05, 0) is 46.2 Å². The summed E-state index contributed by atoms with van der Waals surface area (Å²) < 4.78 is 14.2. The van der Waals surface area contributed by atoms with Crippen LogP contribution in [0.4, 0.5) is 10.1 Å². The highest BCUT2D eigenvalue weighted by molar-refractivity contribution is 5.87. The van der Waals surface area contributed by atoms with Crippen molar-refractivity contribution in [3.63, 3.8) is 0 Å². The number of rotatable bonds is 3. The van der Waals surface area contributed by atoms with E-state index >= 15 is 0 Å². The molecule has 26 heavy (non-hydrogen) atoms. The van der Waals surface area contributed by atoms with Gasteiger partial charge in [0.15, 0.2) is 0 Å². The first-order valence-electron chi connectivity index (χ1n) is 8.01. The zero-order valence-electron chi connectivity index (χ0n) is 13.6. The van der Waals surface area contributed by atoms with Gasteiger partial charge >= 0.3 is 0 Å². The fraction of sp³-hybridized carbons (Fsp3) is 0. The maximum atomic E-state index is 14.2. The third kappa shape index (κ3) is 2.91. The lowest BCUT2D eigenvalue weighted by atomic mass is 9.99. The molecule has 0 aliphatic rings. The quantitative estimate of drug-likeness (QED) is 0.275. The summed E-state index contributed by atoms with van der Waals surface area (Å²) in [6, 6.07) is 21.5. The number of hydrogen-bond acceptors (Lipinski definition) is 3. The Morgan fingerprint density at radius 2 is 1.50 bits per heavy atom. The third-order valence-electron chi connectivity index (χ3n) is 4.31. The number of hydrogen-bond donors (Lipinski definition) is 0. The van der Waals surface area contributed by atoms with Crippen LogP contribution in [-0.4, -0.2) is 9.91 Å². The van der Waals surface area contributed by atoms with Gasteiger partial charge in [-0.15, -0.1) is 0 Å². The van der Waals surface area contributed by atoms with Crippen LogP contribution in [0.15, 0.2) is 79.0 Å². The Balaban J connectivity index is 1.78. The smallest absolute Gasteiger partial charge is 0.258 e. The Labute approximate surface area is 148 Å². The van der Waals surface area contributed by atoms with Crippen molar-refractivity contribution in [2.75, 3.05) is 0 Å². The first-order chi connectivity index (χ1) is 12.6. The number of nitrogens with zero attached hydrogens (tertiary/aromatic N) is 2. The lowest BCUT2D eigenvalue weighted by molar-refractivity contribution is -0.384. The molecule has 1 heterocycles. The second-order valence-electron chi connectivity index (χ2n) is 5.93. The molecule has 0 bridgehead atoms. The number of fused-ring (bicyclic) bond motifs is 1. The number of nitro groups is 1. The molecule has 1 aromatic heterocycles. The van der Waals surface area contributed by atoms with Crippen molar-refractivity contribution in [2.24, 2.45) is 0 Å². The highest BCUT2D eigenvalue weighted by Crippen LogP contribution is 2.30. The topological polar surface area (TPSA) is 56.0 Å². The Morgan fingerprint density at radius 3 is 2.23 bits per heavy atom. The van der Waals surface area contributed by atoms with Gasteiger partial charge in [0.2, 0.25) is 5.95 Å². The van der Waals surface area contributed by atoms with Gasteiger partial charge in [0.05, 0.1) is 4.92 Å². The predicted molar refractivity (Wildman–Crippen MR) is 99.2 cm³/mol. The molecular formula is C21H13FN2O2. The van der Waals surface area contributed by atoms with E-state index in [0.717, 1.165) is 21.9 Å². The number of nitro benzene ring substituents is 1. The average molecular weight is 344 g/mol. The summed E-state index contributed by atoms with van der Waals surface area (Å²) in [6.45, 7) is 0. The van der Waals surface area contributed by atoms with Crippen LogP contribution in [0.2, 0.25) is 0 Å². The molecule has 0 N–H and O–H groups in total. The van der Waals surface area contributed by atoms with Crippen molar-refractivity contribution in [1.82, 2.24) is 4.98 Å². The maximum absolute atomic E-state index is 14.2. The van der Waals surface area contributed by atoms with Gasteiger partial charge in [0.1, 0.15) is 0 Å². The Hall–Kier alpha value is -3.60. The Kier molecular flexibility index (Phi) is 3.89. The van der Waals surface area contributed by atoms with E-state index in [1.807, 2.05) is 42.5 Å². The molecule has 3 aromatic carbocycles. The molecule has 0 aliphatic carbocycles. The van der Waals surface area contributed by atoms with Crippen LogP contribution in [0, 0.1) is 16.1 Å². The molecule has 4 nitrogen and oxygen atoms in total.